The summed E-state index contributed by atoms with van der Waals surface area (Å²) in [5.41, 5.74) is 2.34. The lowest BCUT2D eigenvalue weighted by atomic mass is 10.0. The van der Waals surface area contributed by atoms with Crippen molar-refractivity contribution in [1.82, 2.24) is 9.38 Å². The first-order valence-electron chi connectivity index (χ1n) is 5.30. The average Bonchev–Trinajstić information content (AvgIpc) is 2.68. The molecule has 0 saturated carbocycles. The third kappa shape index (κ3) is 1.67. The molecule has 0 aliphatic carbocycles. The van der Waals surface area contributed by atoms with Gasteiger partial charge < -0.3 is 0 Å². The van der Waals surface area contributed by atoms with Crippen molar-refractivity contribution in [3.63, 3.8) is 0 Å². The summed E-state index contributed by atoms with van der Waals surface area (Å²) in [6.45, 7) is 4.18. The van der Waals surface area contributed by atoms with Gasteiger partial charge in [-0.2, -0.15) is 0 Å². The molecule has 2 aromatic rings. The number of pyridine rings is 1. The molecule has 0 radical (unpaired) electrons. The van der Waals surface area contributed by atoms with E-state index in [1.165, 1.54) is 0 Å². The topological polar surface area (TPSA) is 34.4 Å². The monoisotopic (exact) mass is 280 g/mol. The van der Waals surface area contributed by atoms with Crippen molar-refractivity contribution < 1.29 is 4.79 Å². The van der Waals surface area contributed by atoms with Crippen LogP contribution in [0.25, 0.3) is 5.65 Å². The molecular formula is C12H13BrN2O. The van der Waals surface area contributed by atoms with Crippen molar-refractivity contribution in [2.75, 3.05) is 0 Å². The van der Waals surface area contributed by atoms with E-state index in [1.807, 2.05) is 22.7 Å². The van der Waals surface area contributed by atoms with Crippen LogP contribution in [-0.2, 0) is 0 Å². The molecule has 2 aromatic heterocycles. The molecule has 16 heavy (non-hydrogen) atoms. The fourth-order valence-corrected chi connectivity index (χ4v) is 2.18. The second-order valence-electron chi connectivity index (χ2n) is 3.86. The Morgan fingerprint density at radius 3 is 3.00 bits per heavy atom. The average molecular weight is 281 g/mol. The minimum absolute atomic E-state index is 0.298. The summed E-state index contributed by atoms with van der Waals surface area (Å²) in [5.74, 6) is 0.298. The molecule has 4 heteroatoms. The molecule has 0 aromatic carbocycles. The van der Waals surface area contributed by atoms with Crippen LogP contribution in [0.2, 0.25) is 0 Å². The molecule has 1 unspecified atom stereocenters. The number of halogens is 1. The van der Waals surface area contributed by atoms with E-state index < -0.39 is 0 Å². The zero-order chi connectivity index (χ0) is 11.7. The Bertz CT molecular complexity index is 533. The summed E-state index contributed by atoms with van der Waals surface area (Å²) in [7, 11) is 0. The van der Waals surface area contributed by atoms with E-state index in [9.17, 15) is 4.79 Å². The summed E-state index contributed by atoms with van der Waals surface area (Å²) < 4.78 is 2.74. The standard InChI is InChI=1S/C12H13BrN2O/c1-3-8(2)11-10(7-16)15-6-4-5-9(13)12(15)14-11/h4-8H,3H2,1-2H3. The Morgan fingerprint density at radius 2 is 2.38 bits per heavy atom. The van der Waals surface area contributed by atoms with Crippen LogP contribution >= 0.6 is 15.9 Å². The van der Waals surface area contributed by atoms with Gasteiger partial charge in [-0.15, -0.1) is 0 Å². The van der Waals surface area contributed by atoms with E-state index in [1.54, 1.807) is 0 Å². The summed E-state index contributed by atoms with van der Waals surface area (Å²) >= 11 is 3.45. The van der Waals surface area contributed by atoms with Crippen LogP contribution < -0.4 is 0 Å². The van der Waals surface area contributed by atoms with E-state index in [4.69, 9.17) is 0 Å². The molecular weight excluding hydrogens is 268 g/mol. The number of hydrogen-bond donors (Lipinski definition) is 0. The third-order valence-electron chi connectivity index (χ3n) is 2.86. The van der Waals surface area contributed by atoms with Crippen LogP contribution in [0.1, 0.15) is 42.4 Å². The highest BCUT2D eigenvalue weighted by molar-refractivity contribution is 9.10. The summed E-state index contributed by atoms with van der Waals surface area (Å²) in [6.07, 6.45) is 3.72. The van der Waals surface area contributed by atoms with Gasteiger partial charge in [-0.25, -0.2) is 4.98 Å². The lowest BCUT2D eigenvalue weighted by molar-refractivity contribution is 0.111. The first-order valence-corrected chi connectivity index (χ1v) is 6.10. The van der Waals surface area contributed by atoms with E-state index in [2.05, 4.69) is 34.8 Å². The number of imidazole rings is 1. The van der Waals surface area contributed by atoms with Gasteiger partial charge in [0.05, 0.1) is 10.2 Å². The van der Waals surface area contributed by atoms with Gasteiger partial charge in [0.15, 0.2) is 11.9 Å². The van der Waals surface area contributed by atoms with Gasteiger partial charge in [0.25, 0.3) is 0 Å². The van der Waals surface area contributed by atoms with Crippen LogP contribution in [0.15, 0.2) is 22.8 Å². The number of carbonyl (C=O) groups excluding carboxylic acids is 1. The molecule has 0 bridgehead atoms. The molecule has 84 valence electrons. The molecule has 0 saturated heterocycles. The van der Waals surface area contributed by atoms with Crippen molar-refractivity contribution in [3.8, 4) is 0 Å². The lowest BCUT2D eigenvalue weighted by Gasteiger charge is -2.04. The van der Waals surface area contributed by atoms with E-state index in [0.717, 1.165) is 28.5 Å². The predicted octanol–water partition coefficient (Wildman–Crippen LogP) is 3.42. The number of rotatable bonds is 3. The second-order valence-corrected chi connectivity index (χ2v) is 4.71. The Morgan fingerprint density at radius 1 is 1.62 bits per heavy atom. The van der Waals surface area contributed by atoms with Gasteiger partial charge in [0, 0.05) is 12.1 Å². The highest BCUT2D eigenvalue weighted by Gasteiger charge is 2.17. The molecule has 0 fully saturated rings. The van der Waals surface area contributed by atoms with Crippen molar-refractivity contribution in [2.24, 2.45) is 0 Å². The summed E-state index contributed by atoms with van der Waals surface area (Å²) in [4.78, 5) is 15.7. The van der Waals surface area contributed by atoms with Crippen molar-refractivity contribution in [3.05, 3.63) is 34.2 Å². The normalized spacial score (nSPS) is 12.9. The van der Waals surface area contributed by atoms with Crippen LogP contribution in [0, 0.1) is 0 Å². The maximum absolute atomic E-state index is 11.2. The fraction of sp³-hybridized carbons (Fsp3) is 0.333. The minimum atomic E-state index is 0.298. The van der Waals surface area contributed by atoms with Crippen LogP contribution in [0.5, 0.6) is 0 Å². The SMILES string of the molecule is CCC(C)c1nc2c(Br)cccn2c1C=O. The highest BCUT2D eigenvalue weighted by atomic mass is 79.9. The van der Waals surface area contributed by atoms with E-state index in [-0.39, 0.29) is 0 Å². The molecule has 0 amide bonds. The van der Waals surface area contributed by atoms with Crippen LogP contribution in [0.3, 0.4) is 0 Å². The maximum Gasteiger partial charge on any atom is 0.168 e. The largest absolute Gasteiger partial charge is 0.296 e. The molecule has 2 heterocycles. The van der Waals surface area contributed by atoms with Gasteiger partial charge in [-0.05, 0) is 34.5 Å². The Balaban J connectivity index is 2.75. The van der Waals surface area contributed by atoms with Gasteiger partial charge in [0.2, 0.25) is 0 Å². The lowest BCUT2D eigenvalue weighted by Crippen LogP contribution is -1.98. The van der Waals surface area contributed by atoms with E-state index >= 15 is 0 Å². The van der Waals surface area contributed by atoms with Crippen LogP contribution in [0.4, 0.5) is 0 Å². The first kappa shape index (κ1) is 11.3. The Hall–Kier alpha value is -1.16. The van der Waals surface area contributed by atoms with Crippen LogP contribution in [-0.4, -0.2) is 15.7 Å². The van der Waals surface area contributed by atoms with Gasteiger partial charge >= 0.3 is 0 Å². The highest BCUT2D eigenvalue weighted by Crippen LogP contribution is 2.25. The number of fused-ring (bicyclic) bond motifs is 1. The maximum atomic E-state index is 11.2. The molecule has 0 aliphatic rings. The number of carbonyl (C=O) groups is 1. The third-order valence-corrected chi connectivity index (χ3v) is 3.48. The first-order chi connectivity index (χ1) is 7.69. The smallest absolute Gasteiger partial charge is 0.168 e. The fourth-order valence-electron chi connectivity index (χ4n) is 1.74. The quantitative estimate of drug-likeness (QED) is 0.808. The number of nitrogens with zero attached hydrogens (tertiary/aromatic N) is 2. The molecule has 1 atom stereocenters. The molecule has 0 N–H and O–H groups in total. The van der Waals surface area contributed by atoms with Crippen molar-refractivity contribution in [2.45, 2.75) is 26.2 Å². The molecule has 0 spiro atoms. The van der Waals surface area contributed by atoms with Crippen molar-refractivity contribution >= 4 is 27.9 Å². The Kier molecular flexibility index (Phi) is 3.10. The molecule has 2 rings (SSSR count). The van der Waals surface area contributed by atoms with Crippen molar-refractivity contribution in [1.29, 1.82) is 0 Å². The Labute approximate surface area is 103 Å². The molecule has 0 aliphatic heterocycles. The number of hydrogen-bond acceptors (Lipinski definition) is 2. The second kappa shape index (κ2) is 4.37. The number of aromatic nitrogens is 2. The van der Waals surface area contributed by atoms with Gasteiger partial charge in [-0.1, -0.05) is 13.8 Å². The number of aldehydes is 1. The van der Waals surface area contributed by atoms with E-state index in [0.29, 0.717) is 11.6 Å². The minimum Gasteiger partial charge on any atom is -0.296 e. The van der Waals surface area contributed by atoms with Gasteiger partial charge in [0.1, 0.15) is 5.69 Å². The summed E-state index contributed by atoms with van der Waals surface area (Å²) in [6, 6.07) is 3.82. The molecule has 3 nitrogen and oxygen atoms in total. The zero-order valence-electron chi connectivity index (χ0n) is 9.27. The van der Waals surface area contributed by atoms with Gasteiger partial charge in [-0.3, -0.25) is 9.20 Å². The summed E-state index contributed by atoms with van der Waals surface area (Å²) in [5, 5.41) is 0. The predicted molar refractivity (Wildman–Crippen MR) is 67.0 cm³/mol. The zero-order valence-corrected chi connectivity index (χ0v) is 10.9.